The number of methoxy groups -OCH3 is 1. The summed E-state index contributed by atoms with van der Waals surface area (Å²) in [5.41, 5.74) is 3.21. The van der Waals surface area contributed by atoms with Crippen LogP contribution in [0.1, 0.15) is 16.1 Å². The lowest BCUT2D eigenvalue weighted by Gasteiger charge is -2.32. The van der Waals surface area contributed by atoms with Crippen LogP contribution in [0.3, 0.4) is 0 Å². The first-order chi connectivity index (χ1) is 14.6. The summed E-state index contributed by atoms with van der Waals surface area (Å²) in [5.74, 6) is 0.555. The highest BCUT2D eigenvalue weighted by Crippen LogP contribution is 2.17. The van der Waals surface area contributed by atoms with Gasteiger partial charge in [-0.3, -0.25) is 9.69 Å². The smallest absolute Gasteiger partial charge is 0.276 e. The molecule has 0 radical (unpaired) electrons. The van der Waals surface area contributed by atoms with Gasteiger partial charge in [0.25, 0.3) is 5.91 Å². The van der Waals surface area contributed by atoms with Gasteiger partial charge in [-0.05, 0) is 55.1 Å². The number of likely N-dealkylation sites (N-methyl/N-ethyl adjacent to an activating group) is 1. The lowest BCUT2D eigenvalue weighted by atomic mass is 10.1. The molecular formula is C23H27N5O2. The Morgan fingerprint density at radius 3 is 2.57 bits per heavy atom. The van der Waals surface area contributed by atoms with Crippen LogP contribution in [0.2, 0.25) is 0 Å². The maximum absolute atomic E-state index is 12.7. The molecule has 2 aromatic carbocycles. The molecule has 7 heteroatoms. The summed E-state index contributed by atoms with van der Waals surface area (Å²) in [6.07, 6.45) is 1.78. The van der Waals surface area contributed by atoms with Crippen molar-refractivity contribution in [3.05, 3.63) is 72.1 Å². The van der Waals surface area contributed by atoms with Gasteiger partial charge in [-0.2, -0.15) is 5.10 Å². The van der Waals surface area contributed by atoms with Crippen molar-refractivity contribution in [2.24, 2.45) is 0 Å². The molecule has 0 spiro atoms. The summed E-state index contributed by atoms with van der Waals surface area (Å²) in [6.45, 7) is 5.20. The minimum absolute atomic E-state index is 0.223. The average molecular weight is 406 g/mol. The number of amides is 1. The zero-order chi connectivity index (χ0) is 20.9. The average Bonchev–Trinajstić information content (AvgIpc) is 3.26. The van der Waals surface area contributed by atoms with Crippen molar-refractivity contribution in [1.29, 1.82) is 0 Å². The SMILES string of the molecule is COc1ccc(-n2ccc(C(=O)Nc3cccc(CN4CCN(C)CC4)c3)n2)cc1. The molecule has 1 aliphatic heterocycles. The van der Waals surface area contributed by atoms with Crippen molar-refractivity contribution >= 4 is 11.6 Å². The lowest BCUT2D eigenvalue weighted by Crippen LogP contribution is -2.43. The van der Waals surface area contributed by atoms with Gasteiger partial charge in [0.15, 0.2) is 5.69 Å². The third kappa shape index (κ3) is 4.87. The van der Waals surface area contributed by atoms with E-state index in [1.807, 2.05) is 42.5 Å². The molecule has 1 amide bonds. The monoisotopic (exact) mass is 405 g/mol. The first kappa shape index (κ1) is 20.1. The Bertz CT molecular complexity index is 991. The molecule has 0 bridgehead atoms. The van der Waals surface area contributed by atoms with Gasteiger partial charge in [0.2, 0.25) is 0 Å². The van der Waals surface area contributed by atoms with Gasteiger partial charge in [0.05, 0.1) is 12.8 Å². The maximum Gasteiger partial charge on any atom is 0.276 e. The summed E-state index contributed by atoms with van der Waals surface area (Å²) in [5, 5.41) is 7.37. The molecule has 30 heavy (non-hydrogen) atoms. The van der Waals surface area contributed by atoms with E-state index in [1.165, 1.54) is 5.56 Å². The molecule has 2 heterocycles. The number of carbonyl (C=O) groups excluding carboxylic acids is 1. The minimum atomic E-state index is -0.223. The molecule has 1 fully saturated rings. The van der Waals surface area contributed by atoms with Crippen LogP contribution in [0.25, 0.3) is 5.69 Å². The molecule has 4 rings (SSSR count). The number of nitrogens with one attached hydrogen (secondary N) is 1. The third-order valence-electron chi connectivity index (χ3n) is 5.35. The second-order valence-electron chi connectivity index (χ2n) is 7.58. The Balaban J connectivity index is 1.39. The summed E-state index contributed by atoms with van der Waals surface area (Å²) in [6, 6.07) is 17.3. The van der Waals surface area contributed by atoms with Crippen LogP contribution in [0.4, 0.5) is 5.69 Å². The summed E-state index contributed by atoms with van der Waals surface area (Å²) < 4.78 is 6.86. The van der Waals surface area contributed by atoms with E-state index in [0.29, 0.717) is 5.69 Å². The summed E-state index contributed by atoms with van der Waals surface area (Å²) >= 11 is 0. The van der Waals surface area contributed by atoms with Crippen LogP contribution in [0, 0.1) is 0 Å². The molecule has 1 saturated heterocycles. The predicted molar refractivity (Wildman–Crippen MR) is 117 cm³/mol. The second kappa shape index (κ2) is 9.11. The predicted octanol–water partition coefficient (Wildman–Crippen LogP) is 2.88. The number of hydrogen-bond acceptors (Lipinski definition) is 5. The molecule has 7 nitrogen and oxygen atoms in total. The maximum atomic E-state index is 12.7. The molecule has 1 aromatic heterocycles. The van der Waals surface area contributed by atoms with E-state index in [2.05, 4.69) is 33.3 Å². The number of ether oxygens (including phenoxy) is 1. The highest BCUT2D eigenvalue weighted by Gasteiger charge is 2.15. The van der Waals surface area contributed by atoms with Crippen molar-refractivity contribution < 1.29 is 9.53 Å². The molecule has 0 saturated carbocycles. The quantitative estimate of drug-likeness (QED) is 0.683. The molecule has 156 valence electrons. The van der Waals surface area contributed by atoms with Crippen LogP contribution in [0.15, 0.2) is 60.8 Å². The van der Waals surface area contributed by atoms with E-state index >= 15 is 0 Å². The van der Waals surface area contributed by atoms with Crippen LogP contribution >= 0.6 is 0 Å². The van der Waals surface area contributed by atoms with Crippen molar-refractivity contribution in [3.63, 3.8) is 0 Å². The fraction of sp³-hybridized carbons (Fsp3) is 0.304. The number of benzene rings is 2. The van der Waals surface area contributed by atoms with Gasteiger partial charge in [-0.15, -0.1) is 0 Å². The number of anilines is 1. The zero-order valence-electron chi connectivity index (χ0n) is 17.4. The van der Waals surface area contributed by atoms with E-state index in [-0.39, 0.29) is 5.91 Å². The van der Waals surface area contributed by atoms with Crippen molar-refractivity contribution in [2.75, 3.05) is 45.7 Å². The molecule has 0 atom stereocenters. The van der Waals surface area contributed by atoms with Gasteiger partial charge >= 0.3 is 0 Å². The first-order valence-electron chi connectivity index (χ1n) is 10.1. The van der Waals surface area contributed by atoms with E-state index in [4.69, 9.17) is 4.74 Å². The van der Waals surface area contributed by atoms with Crippen LogP contribution in [0.5, 0.6) is 5.75 Å². The summed E-state index contributed by atoms with van der Waals surface area (Å²) in [7, 11) is 3.79. The number of piperazine rings is 1. The van der Waals surface area contributed by atoms with Crippen molar-refractivity contribution in [2.45, 2.75) is 6.54 Å². The topological polar surface area (TPSA) is 62.6 Å². The largest absolute Gasteiger partial charge is 0.497 e. The van der Waals surface area contributed by atoms with Gasteiger partial charge in [0, 0.05) is 44.6 Å². The fourth-order valence-electron chi connectivity index (χ4n) is 3.53. The van der Waals surface area contributed by atoms with E-state index in [1.54, 1.807) is 24.1 Å². The van der Waals surface area contributed by atoms with E-state index in [9.17, 15) is 4.79 Å². The number of aromatic nitrogens is 2. The van der Waals surface area contributed by atoms with E-state index < -0.39 is 0 Å². The van der Waals surface area contributed by atoms with Crippen LogP contribution < -0.4 is 10.1 Å². The molecule has 1 aliphatic rings. The lowest BCUT2D eigenvalue weighted by molar-refractivity contribution is 0.102. The number of rotatable bonds is 6. The van der Waals surface area contributed by atoms with E-state index in [0.717, 1.165) is 49.8 Å². The van der Waals surface area contributed by atoms with Gasteiger partial charge in [-0.25, -0.2) is 4.68 Å². The molecule has 0 aliphatic carbocycles. The van der Waals surface area contributed by atoms with Crippen molar-refractivity contribution in [1.82, 2.24) is 19.6 Å². The Labute approximate surface area is 176 Å². The van der Waals surface area contributed by atoms with Crippen LogP contribution in [-0.4, -0.2) is 65.8 Å². The highest BCUT2D eigenvalue weighted by atomic mass is 16.5. The molecule has 1 N–H and O–H groups in total. The fourth-order valence-corrected chi connectivity index (χ4v) is 3.53. The van der Waals surface area contributed by atoms with Crippen molar-refractivity contribution in [3.8, 4) is 11.4 Å². The third-order valence-corrected chi connectivity index (χ3v) is 5.35. The molecule has 0 unspecified atom stereocenters. The Kier molecular flexibility index (Phi) is 6.11. The number of nitrogens with zero attached hydrogens (tertiary/aromatic N) is 4. The molecule has 3 aromatic rings. The Morgan fingerprint density at radius 2 is 1.83 bits per heavy atom. The molecular weight excluding hydrogens is 378 g/mol. The first-order valence-corrected chi connectivity index (χ1v) is 10.1. The zero-order valence-corrected chi connectivity index (χ0v) is 17.4. The number of carbonyl (C=O) groups is 1. The standard InChI is InChI=1S/C23H27N5O2/c1-26-12-14-27(15-13-26)17-18-4-3-5-19(16-18)24-23(29)22-10-11-28(25-22)20-6-8-21(30-2)9-7-20/h3-11,16H,12-15,17H2,1-2H3,(H,24,29). The van der Waals surface area contributed by atoms with Gasteiger partial charge < -0.3 is 15.0 Å². The Hall–Kier alpha value is -3.16. The summed E-state index contributed by atoms with van der Waals surface area (Å²) in [4.78, 5) is 17.5. The Morgan fingerprint density at radius 1 is 1.07 bits per heavy atom. The van der Waals surface area contributed by atoms with Gasteiger partial charge in [-0.1, -0.05) is 12.1 Å². The second-order valence-corrected chi connectivity index (χ2v) is 7.58. The van der Waals surface area contributed by atoms with Crippen LogP contribution in [-0.2, 0) is 6.54 Å². The minimum Gasteiger partial charge on any atom is -0.497 e. The van der Waals surface area contributed by atoms with Gasteiger partial charge in [0.1, 0.15) is 5.75 Å². The highest BCUT2D eigenvalue weighted by molar-refractivity contribution is 6.02. The normalized spacial score (nSPS) is 15.1. The number of hydrogen-bond donors (Lipinski definition) is 1.